The van der Waals surface area contributed by atoms with Crippen molar-refractivity contribution in [3.8, 4) is 0 Å². The maximum Gasteiger partial charge on any atom is 0.227 e. The Hall–Kier alpha value is -0.940. The van der Waals surface area contributed by atoms with Gasteiger partial charge < -0.3 is 10.1 Å². The molecule has 0 saturated carbocycles. The fraction of sp³-hybridized carbons (Fsp3) is 0.818. The Morgan fingerprint density at radius 1 is 1.38 bits per heavy atom. The molecule has 1 rings (SSSR count). The molecule has 0 bridgehead atoms. The summed E-state index contributed by atoms with van der Waals surface area (Å²) in [6, 6.07) is 0.0740. The largest absolute Gasteiger partial charge is 0.379 e. The van der Waals surface area contributed by atoms with E-state index in [0.717, 1.165) is 32.8 Å². The van der Waals surface area contributed by atoms with Gasteiger partial charge >= 0.3 is 0 Å². The monoisotopic (exact) mass is 228 g/mol. The highest BCUT2D eigenvalue weighted by Gasteiger charge is 2.15. The van der Waals surface area contributed by atoms with Gasteiger partial charge in [0.2, 0.25) is 5.91 Å². The second-order valence-electron chi connectivity index (χ2n) is 4.26. The number of ketones is 1. The Balaban J connectivity index is 2.21. The van der Waals surface area contributed by atoms with Crippen LogP contribution in [-0.2, 0) is 14.3 Å². The normalized spacial score (nSPS) is 19.1. The SMILES string of the molecule is CC(=O)CC(=O)NC(C)CN1CCOCC1. The summed E-state index contributed by atoms with van der Waals surface area (Å²) in [6.45, 7) is 7.52. The van der Waals surface area contributed by atoms with Gasteiger partial charge in [-0.25, -0.2) is 0 Å². The average molecular weight is 228 g/mol. The number of nitrogens with one attached hydrogen (secondary N) is 1. The second-order valence-corrected chi connectivity index (χ2v) is 4.26. The van der Waals surface area contributed by atoms with Gasteiger partial charge in [0.15, 0.2) is 0 Å². The predicted molar refractivity (Wildman–Crippen MR) is 60.2 cm³/mol. The smallest absolute Gasteiger partial charge is 0.227 e. The lowest BCUT2D eigenvalue weighted by Crippen LogP contribution is -2.46. The zero-order chi connectivity index (χ0) is 12.0. The first-order valence-corrected chi connectivity index (χ1v) is 5.67. The fourth-order valence-electron chi connectivity index (χ4n) is 1.77. The van der Waals surface area contributed by atoms with E-state index in [0.29, 0.717) is 0 Å². The van der Waals surface area contributed by atoms with Crippen LogP contribution < -0.4 is 5.32 Å². The summed E-state index contributed by atoms with van der Waals surface area (Å²) >= 11 is 0. The molecule has 0 aromatic carbocycles. The molecule has 1 heterocycles. The van der Waals surface area contributed by atoms with Crippen molar-refractivity contribution in [2.75, 3.05) is 32.8 Å². The van der Waals surface area contributed by atoms with Crippen molar-refractivity contribution < 1.29 is 14.3 Å². The first-order valence-electron chi connectivity index (χ1n) is 5.67. The molecule has 1 saturated heterocycles. The Morgan fingerprint density at radius 2 is 2.00 bits per heavy atom. The molecule has 1 fully saturated rings. The topological polar surface area (TPSA) is 58.6 Å². The van der Waals surface area contributed by atoms with Crippen molar-refractivity contribution in [1.82, 2.24) is 10.2 Å². The van der Waals surface area contributed by atoms with Crippen LogP contribution in [0, 0.1) is 0 Å². The van der Waals surface area contributed by atoms with Gasteiger partial charge in [-0.1, -0.05) is 0 Å². The summed E-state index contributed by atoms with van der Waals surface area (Å²) < 4.78 is 5.24. The Morgan fingerprint density at radius 3 is 2.56 bits per heavy atom. The molecule has 1 aliphatic rings. The highest BCUT2D eigenvalue weighted by atomic mass is 16.5. The van der Waals surface area contributed by atoms with Crippen molar-refractivity contribution in [1.29, 1.82) is 0 Å². The number of rotatable bonds is 5. The van der Waals surface area contributed by atoms with Crippen LogP contribution in [0.15, 0.2) is 0 Å². The van der Waals surface area contributed by atoms with Crippen molar-refractivity contribution in [3.05, 3.63) is 0 Å². The molecule has 0 aromatic rings. The minimum atomic E-state index is -0.187. The van der Waals surface area contributed by atoms with Gasteiger partial charge in [0.25, 0.3) is 0 Å². The zero-order valence-electron chi connectivity index (χ0n) is 9.99. The first-order chi connectivity index (χ1) is 7.58. The molecular weight excluding hydrogens is 208 g/mol. The van der Waals surface area contributed by atoms with Gasteiger partial charge in [-0.3, -0.25) is 14.5 Å². The number of morpholine rings is 1. The van der Waals surface area contributed by atoms with E-state index in [1.54, 1.807) is 0 Å². The quantitative estimate of drug-likeness (QED) is 0.662. The molecule has 5 heteroatoms. The maximum atomic E-state index is 11.3. The summed E-state index contributed by atoms with van der Waals surface area (Å²) in [6.07, 6.45) is -0.0204. The summed E-state index contributed by atoms with van der Waals surface area (Å²) in [5.74, 6) is -0.288. The third-order valence-corrected chi connectivity index (χ3v) is 2.45. The molecule has 5 nitrogen and oxygen atoms in total. The Bertz CT molecular complexity index is 250. The predicted octanol–water partition coefficient (Wildman–Crippen LogP) is -0.198. The lowest BCUT2D eigenvalue weighted by atomic mass is 10.2. The van der Waals surface area contributed by atoms with Crippen LogP contribution in [0.1, 0.15) is 20.3 Å². The molecular formula is C11H20N2O3. The van der Waals surface area contributed by atoms with Gasteiger partial charge in [-0.05, 0) is 13.8 Å². The number of carbonyl (C=O) groups excluding carboxylic acids is 2. The lowest BCUT2D eigenvalue weighted by molar-refractivity contribution is -0.127. The van der Waals surface area contributed by atoms with Gasteiger partial charge in [0.1, 0.15) is 5.78 Å². The molecule has 1 unspecified atom stereocenters. The molecule has 1 amide bonds. The number of nitrogens with zero attached hydrogens (tertiary/aromatic N) is 1. The summed E-state index contributed by atoms with van der Waals surface area (Å²) in [7, 11) is 0. The molecule has 92 valence electrons. The molecule has 1 N–H and O–H groups in total. The van der Waals surface area contributed by atoms with E-state index in [9.17, 15) is 9.59 Å². The van der Waals surface area contributed by atoms with Crippen molar-refractivity contribution in [3.63, 3.8) is 0 Å². The number of hydrogen-bond donors (Lipinski definition) is 1. The van der Waals surface area contributed by atoms with E-state index in [-0.39, 0.29) is 24.2 Å². The van der Waals surface area contributed by atoms with Crippen LogP contribution in [0.3, 0.4) is 0 Å². The van der Waals surface area contributed by atoms with Crippen molar-refractivity contribution >= 4 is 11.7 Å². The number of hydrogen-bond acceptors (Lipinski definition) is 4. The summed E-state index contributed by atoms with van der Waals surface area (Å²) in [5.41, 5.74) is 0. The molecule has 1 atom stereocenters. The fourth-order valence-corrected chi connectivity index (χ4v) is 1.77. The molecule has 0 aromatic heterocycles. The van der Waals surface area contributed by atoms with Gasteiger partial charge in [-0.2, -0.15) is 0 Å². The van der Waals surface area contributed by atoms with Gasteiger partial charge in [-0.15, -0.1) is 0 Å². The number of ether oxygens (including phenoxy) is 1. The number of amides is 1. The van der Waals surface area contributed by atoms with Crippen LogP contribution >= 0.6 is 0 Å². The summed E-state index contributed by atoms with van der Waals surface area (Å²) in [4.78, 5) is 24.3. The van der Waals surface area contributed by atoms with E-state index in [1.807, 2.05) is 6.92 Å². The highest BCUT2D eigenvalue weighted by molar-refractivity contribution is 5.96. The minimum Gasteiger partial charge on any atom is -0.379 e. The first kappa shape index (κ1) is 13.1. The number of Topliss-reactive ketones (excluding diaryl/α,β-unsaturated/α-hetero) is 1. The van der Waals surface area contributed by atoms with E-state index in [2.05, 4.69) is 10.2 Å². The van der Waals surface area contributed by atoms with Crippen molar-refractivity contribution in [2.45, 2.75) is 26.3 Å². The summed E-state index contributed by atoms with van der Waals surface area (Å²) in [5, 5.41) is 2.82. The van der Waals surface area contributed by atoms with E-state index >= 15 is 0 Å². The van der Waals surface area contributed by atoms with Crippen molar-refractivity contribution in [2.24, 2.45) is 0 Å². The van der Waals surface area contributed by atoms with Crippen LogP contribution in [0.4, 0.5) is 0 Å². The molecule has 16 heavy (non-hydrogen) atoms. The average Bonchev–Trinajstić information content (AvgIpc) is 2.17. The lowest BCUT2D eigenvalue weighted by Gasteiger charge is -2.29. The molecule has 0 radical (unpaired) electrons. The van der Waals surface area contributed by atoms with E-state index in [4.69, 9.17) is 4.74 Å². The molecule has 0 spiro atoms. The standard InChI is InChI=1S/C11H20N2O3/c1-9(12-11(15)7-10(2)14)8-13-3-5-16-6-4-13/h9H,3-8H2,1-2H3,(H,12,15). The van der Waals surface area contributed by atoms with Crippen LogP contribution in [0.25, 0.3) is 0 Å². The molecule has 1 aliphatic heterocycles. The second kappa shape index (κ2) is 6.60. The van der Waals surface area contributed by atoms with Crippen LogP contribution in [0.2, 0.25) is 0 Å². The zero-order valence-corrected chi connectivity index (χ0v) is 9.99. The van der Waals surface area contributed by atoms with Crippen LogP contribution in [-0.4, -0.2) is 55.5 Å². The maximum absolute atomic E-state index is 11.3. The van der Waals surface area contributed by atoms with Crippen LogP contribution in [0.5, 0.6) is 0 Å². The minimum absolute atomic E-state index is 0.0204. The van der Waals surface area contributed by atoms with Gasteiger partial charge in [0.05, 0.1) is 19.6 Å². The third kappa shape index (κ3) is 5.23. The number of carbonyl (C=O) groups is 2. The Labute approximate surface area is 96.1 Å². The van der Waals surface area contributed by atoms with E-state index in [1.165, 1.54) is 6.92 Å². The third-order valence-electron chi connectivity index (χ3n) is 2.45. The van der Waals surface area contributed by atoms with E-state index < -0.39 is 0 Å². The highest BCUT2D eigenvalue weighted by Crippen LogP contribution is 1.98. The molecule has 0 aliphatic carbocycles. The Kier molecular flexibility index (Phi) is 5.42. The van der Waals surface area contributed by atoms with Gasteiger partial charge in [0, 0.05) is 25.7 Å².